The monoisotopic (exact) mass is 632 g/mol. The molecule has 0 aliphatic carbocycles. The average Bonchev–Trinajstić information content (AvgIpc) is 3.02. The molecular weight excluding hydrogens is 588 g/mol. The molecule has 0 bridgehead atoms. The van der Waals surface area contributed by atoms with E-state index in [0.29, 0.717) is 29.2 Å². The Morgan fingerprint density at radius 1 is 0.848 bits per heavy atom. The Morgan fingerprint density at radius 3 is 2.22 bits per heavy atom. The number of carbonyl (C=O) groups is 4. The van der Waals surface area contributed by atoms with Gasteiger partial charge in [-0.1, -0.05) is 65.5 Å². The van der Waals surface area contributed by atoms with Gasteiger partial charge in [0.05, 0.1) is 19.3 Å². The summed E-state index contributed by atoms with van der Waals surface area (Å²) < 4.78 is 16.7. The molecule has 0 fully saturated rings. The van der Waals surface area contributed by atoms with Gasteiger partial charge < -0.3 is 30.0 Å². The van der Waals surface area contributed by atoms with E-state index in [1.807, 2.05) is 0 Å². The van der Waals surface area contributed by atoms with Gasteiger partial charge in [-0.2, -0.15) is 0 Å². The summed E-state index contributed by atoms with van der Waals surface area (Å²) in [6.45, 7) is 8.11. The molecule has 10 nitrogen and oxygen atoms in total. The minimum absolute atomic E-state index is 0.0633. The number of rotatable bonds is 16. The number of methoxy groups -OCH3 is 1. The van der Waals surface area contributed by atoms with Crippen molar-refractivity contribution in [2.45, 2.75) is 72.3 Å². The molecule has 2 amide bonds. The molecule has 3 aromatic rings. The lowest BCUT2D eigenvalue weighted by Gasteiger charge is -2.18. The van der Waals surface area contributed by atoms with E-state index in [1.165, 1.54) is 44.6 Å². The Labute approximate surface area is 270 Å². The number of anilines is 1. The van der Waals surface area contributed by atoms with Crippen LogP contribution in [0.3, 0.4) is 0 Å². The molecule has 1 atom stereocenters. The fourth-order valence-electron chi connectivity index (χ4n) is 4.40. The van der Waals surface area contributed by atoms with E-state index in [9.17, 15) is 24.3 Å². The van der Waals surface area contributed by atoms with E-state index in [4.69, 9.17) is 14.2 Å². The van der Waals surface area contributed by atoms with Crippen LogP contribution >= 0.6 is 0 Å². The van der Waals surface area contributed by atoms with Gasteiger partial charge in [0.2, 0.25) is 5.91 Å². The van der Waals surface area contributed by atoms with Crippen molar-refractivity contribution in [3.63, 3.8) is 0 Å². The molecule has 3 aromatic carbocycles. The third kappa shape index (κ3) is 10.9. The summed E-state index contributed by atoms with van der Waals surface area (Å²) in [5.74, 6) is -1.59. The first-order valence-electron chi connectivity index (χ1n) is 15.5. The van der Waals surface area contributed by atoms with E-state index in [-0.39, 0.29) is 29.4 Å². The van der Waals surface area contributed by atoms with Crippen molar-refractivity contribution in [2.24, 2.45) is 5.41 Å². The molecule has 246 valence electrons. The Morgan fingerprint density at radius 2 is 1.57 bits per heavy atom. The van der Waals surface area contributed by atoms with E-state index in [1.54, 1.807) is 69.3 Å². The summed E-state index contributed by atoms with van der Waals surface area (Å²) in [6.07, 6.45) is 5.65. The zero-order valence-corrected chi connectivity index (χ0v) is 27.2. The third-order valence-electron chi connectivity index (χ3n) is 7.14. The minimum atomic E-state index is -1.27. The quantitative estimate of drug-likeness (QED) is 0.0903. The number of unbranched alkanes of at least 4 members (excludes halogenated alkanes) is 4. The van der Waals surface area contributed by atoms with Crippen LogP contribution in [0, 0.1) is 5.41 Å². The van der Waals surface area contributed by atoms with Crippen LogP contribution in [-0.2, 0) is 16.0 Å². The highest BCUT2D eigenvalue weighted by molar-refractivity contribution is 5.99. The fraction of sp³-hybridized carbons (Fsp3) is 0.389. The summed E-state index contributed by atoms with van der Waals surface area (Å²) in [6, 6.07) is 16.4. The van der Waals surface area contributed by atoms with Gasteiger partial charge in [-0.15, -0.1) is 0 Å². The van der Waals surface area contributed by atoms with Gasteiger partial charge in [0.1, 0.15) is 11.8 Å². The number of hydrogen-bond donors (Lipinski definition) is 3. The number of benzene rings is 3. The lowest BCUT2D eigenvalue weighted by molar-refractivity contribution is -0.139. The predicted octanol–water partition coefficient (Wildman–Crippen LogP) is 6.67. The van der Waals surface area contributed by atoms with Crippen LogP contribution < -0.4 is 24.8 Å². The summed E-state index contributed by atoms with van der Waals surface area (Å²) in [5, 5.41) is 15.1. The van der Waals surface area contributed by atoms with Crippen molar-refractivity contribution in [3.8, 4) is 17.2 Å². The van der Waals surface area contributed by atoms with Crippen molar-refractivity contribution in [1.29, 1.82) is 0 Å². The van der Waals surface area contributed by atoms with Crippen molar-refractivity contribution in [2.75, 3.05) is 19.0 Å². The fourth-order valence-corrected chi connectivity index (χ4v) is 4.40. The number of nitrogens with one attached hydrogen (secondary N) is 2. The summed E-state index contributed by atoms with van der Waals surface area (Å²) in [5.41, 5.74) is 0.852. The van der Waals surface area contributed by atoms with Gasteiger partial charge in [-0.25, -0.2) is 9.59 Å². The van der Waals surface area contributed by atoms with Crippen molar-refractivity contribution in [3.05, 3.63) is 83.4 Å². The minimum Gasteiger partial charge on any atom is -0.494 e. The summed E-state index contributed by atoms with van der Waals surface area (Å²) in [7, 11) is 1.41. The smallest absolute Gasteiger partial charge is 0.343 e. The number of carboxylic acids is 1. The number of ether oxygens (including phenoxy) is 3. The molecule has 10 heteroatoms. The molecular formula is C36H44N2O8. The molecule has 0 heterocycles. The van der Waals surface area contributed by atoms with E-state index >= 15 is 0 Å². The number of hydrogen-bond acceptors (Lipinski definition) is 7. The molecule has 46 heavy (non-hydrogen) atoms. The molecule has 0 aromatic heterocycles. The van der Waals surface area contributed by atoms with Gasteiger partial charge in [-0.05, 0) is 66.6 Å². The Balaban J connectivity index is 1.61. The van der Waals surface area contributed by atoms with Crippen LogP contribution in [0.1, 0.15) is 86.1 Å². The molecule has 0 saturated heterocycles. The van der Waals surface area contributed by atoms with Crippen LogP contribution in [0.25, 0.3) is 0 Å². The van der Waals surface area contributed by atoms with Crippen LogP contribution in [0.2, 0.25) is 0 Å². The summed E-state index contributed by atoms with van der Waals surface area (Å²) in [4.78, 5) is 50.2. The lowest BCUT2D eigenvalue weighted by Crippen LogP contribution is -2.42. The lowest BCUT2D eigenvalue weighted by atomic mass is 9.95. The zero-order valence-electron chi connectivity index (χ0n) is 27.2. The third-order valence-corrected chi connectivity index (χ3v) is 7.14. The van der Waals surface area contributed by atoms with Gasteiger partial charge >= 0.3 is 11.9 Å². The molecule has 0 aliphatic heterocycles. The SMILES string of the molecule is CCCCCCCOc1ccc(C(=O)Oc2ccc(CC(NC(=O)c3cccc(NC(=O)C(C)(C)C)c3)C(=O)O)cc2OC)cc1. The maximum absolute atomic E-state index is 13.0. The van der Waals surface area contributed by atoms with Crippen molar-refractivity contribution < 1.29 is 38.5 Å². The van der Waals surface area contributed by atoms with Crippen LogP contribution in [0.15, 0.2) is 66.7 Å². The topological polar surface area (TPSA) is 140 Å². The normalized spacial score (nSPS) is 11.7. The molecule has 1 unspecified atom stereocenters. The van der Waals surface area contributed by atoms with Crippen LogP contribution in [0.5, 0.6) is 17.2 Å². The number of aliphatic carboxylic acids is 1. The van der Waals surface area contributed by atoms with Crippen LogP contribution in [-0.4, -0.2) is 48.6 Å². The zero-order chi connectivity index (χ0) is 33.7. The predicted molar refractivity (Wildman–Crippen MR) is 176 cm³/mol. The molecule has 3 rings (SSSR count). The van der Waals surface area contributed by atoms with Gasteiger partial charge in [-0.3, -0.25) is 9.59 Å². The highest BCUT2D eigenvalue weighted by atomic mass is 16.6. The second-order valence-corrected chi connectivity index (χ2v) is 12.0. The number of carboxylic acid groups (broad SMARTS) is 1. The molecule has 0 saturated carbocycles. The highest BCUT2D eigenvalue weighted by Crippen LogP contribution is 2.30. The Bertz CT molecular complexity index is 1490. The first kappa shape index (κ1) is 35.6. The second-order valence-electron chi connectivity index (χ2n) is 12.0. The maximum Gasteiger partial charge on any atom is 0.343 e. The van der Waals surface area contributed by atoms with Crippen molar-refractivity contribution in [1.82, 2.24) is 5.32 Å². The number of carbonyl (C=O) groups excluding carboxylic acids is 3. The summed E-state index contributed by atoms with van der Waals surface area (Å²) >= 11 is 0. The van der Waals surface area contributed by atoms with Gasteiger partial charge in [0.15, 0.2) is 11.5 Å². The van der Waals surface area contributed by atoms with E-state index < -0.39 is 29.3 Å². The molecule has 0 spiro atoms. The van der Waals surface area contributed by atoms with E-state index in [0.717, 1.165) is 12.8 Å². The first-order chi connectivity index (χ1) is 21.9. The maximum atomic E-state index is 13.0. The standard InChI is InChI=1S/C36H44N2O8/c1-6-7-8-9-10-20-45-28-17-15-25(16-18-28)34(42)46-30-19-14-24(22-31(30)44-5)21-29(33(40)41)38-32(39)26-12-11-13-27(23-26)37-35(43)36(2,3)4/h11-19,22-23,29H,6-10,20-21H2,1-5H3,(H,37,43)(H,38,39)(H,40,41). The molecule has 3 N–H and O–H groups in total. The van der Waals surface area contributed by atoms with Crippen molar-refractivity contribution >= 4 is 29.4 Å². The van der Waals surface area contributed by atoms with Crippen LogP contribution in [0.4, 0.5) is 5.69 Å². The number of esters is 1. The molecule has 0 radical (unpaired) electrons. The first-order valence-corrected chi connectivity index (χ1v) is 15.5. The van der Waals surface area contributed by atoms with Gasteiger partial charge in [0.25, 0.3) is 5.91 Å². The largest absolute Gasteiger partial charge is 0.494 e. The second kappa shape index (κ2) is 17.0. The number of amides is 2. The van der Waals surface area contributed by atoms with Gasteiger partial charge in [0, 0.05) is 23.1 Å². The van der Waals surface area contributed by atoms with E-state index in [2.05, 4.69) is 17.6 Å². The Kier molecular flexibility index (Phi) is 13.2. The Hall–Kier alpha value is -4.86. The molecule has 0 aliphatic rings. The highest BCUT2D eigenvalue weighted by Gasteiger charge is 2.24. The average molecular weight is 633 g/mol.